The summed E-state index contributed by atoms with van der Waals surface area (Å²) in [5.41, 5.74) is 5.90. The highest BCUT2D eigenvalue weighted by Crippen LogP contribution is 2.27. The van der Waals surface area contributed by atoms with E-state index in [-0.39, 0.29) is 17.9 Å². The van der Waals surface area contributed by atoms with Gasteiger partial charge in [-0.15, -0.1) is 0 Å². The van der Waals surface area contributed by atoms with Crippen molar-refractivity contribution < 1.29 is 4.21 Å². The molecule has 0 spiro atoms. The molecular formula is C13H12Cl2N2O2S. The smallest absolute Gasteiger partial charge is 0.250 e. The average molecular weight is 331 g/mol. The van der Waals surface area contributed by atoms with Gasteiger partial charge in [-0.1, -0.05) is 29.3 Å². The Morgan fingerprint density at radius 3 is 2.45 bits per heavy atom. The van der Waals surface area contributed by atoms with Crippen LogP contribution in [-0.2, 0) is 17.3 Å². The molecule has 0 saturated heterocycles. The van der Waals surface area contributed by atoms with Crippen LogP contribution in [0.2, 0.25) is 10.0 Å². The zero-order chi connectivity index (χ0) is 14.7. The molecule has 1 aromatic heterocycles. The van der Waals surface area contributed by atoms with Crippen LogP contribution in [0.5, 0.6) is 0 Å². The minimum atomic E-state index is -1.39. The summed E-state index contributed by atoms with van der Waals surface area (Å²) >= 11 is 12.0. The molecule has 1 heterocycles. The summed E-state index contributed by atoms with van der Waals surface area (Å²) in [5, 5.41) is 0.714. The number of nitrogens with two attached hydrogens (primary N) is 1. The molecule has 7 heteroatoms. The second-order valence-electron chi connectivity index (χ2n) is 4.09. The first kappa shape index (κ1) is 15.1. The lowest BCUT2D eigenvalue weighted by Gasteiger charge is -2.09. The number of aryl methyl sites for hydroxylation is 1. The molecule has 0 aliphatic heterocycles. The van der Waals surface area contributed by atoms with Crippen molar-refractivity contribution in [3.05, 3.63) is 56.9 Å². The van der Waals surface area contributed by atoms with Crippen molar-refractivity contribution in [2.75, 3.05) is 11.5 Å². The summed E-state index contributed by atoms with van der Waals surface area (Å²) in [6.07, 6.45) is 1.52. The van der Waals surface area contributed by atoms with Gasteiger partial charge in [-0.05, 0) is 18.2 Å². The molecule has 1 unspecified atom stereocenters. The van der Waals surface area contributed by atoms with Crippen molar-refractivity contribution in [1.29, 1.82) is 0 Å². The number of hydrogen-bond donors (Lipinski definition) is 1. The van der Waals surface area contributed by atoms with Gasteiger partial charge in [0, 0.05) is 30.2 Å². The van der Waals surface area contributed by atoms with Crippen LogP contribution in [0.15, 0.2) is 46.2 Å². The molecule has 0 radical (unpaired) electrons. The maximum absolute atomic E-state index is 12.3. The molecular weight excluding hydrogens is 319 g/mol. The predicted molar refractivity (Wildman–Crippen MR) is 82.9 cm³/mol. The topological polar surface area (TPSA) is 65.1 Å². The molecule has 0 aliphatic carbocycles. The van der Waals surface area contributed by atoms with Crippen LogP contribution in [0.1, 0.15) is 0 Å². The van der Waals surface area contributed by atoms with E-state index in [0.717, 1.165) is 0 Å². The van der Waals surface area contributed by atoms with E-state index in [2.05, 4.69) is 0 Å². The Bertz CT molecular complexity index is 696. The molecule has 4 nitrogen and oxygen atoms in total. The minimum absolute atomic E-state index is 0.193. The molecule has 0 aliphatic rings. The molecule has 2 aromatic rings. The van der Waals surface area contributed by atoms with E-state index in [1.54, 1.807) is 18.2 Å². The van der Waals surface area contributed by atoms with Crippen LogP contribution in [0, 0.1) is 0 Å². The molecule has 1 aromatic carbocycles. The summed E-state index contributed by atoms with van der Waals surface area (Å²) in [7, 11) is -1.39. The first-order chi connectivity index (χ1) is 9.49. The molecule has 1 atom stereocenters. The molecule has 2 N–H and O–H groups in total. The van der Waals surface area contributed by atoms with E-state index < -0.39 is 10.8 Å². The first-order valence-corrected chi connectivity index (χ1v) is 7.85. The second kappa shape index (κ2) is 6.43. The number of hydrogen-bond acceptors (Lipinski definition) is 3. The molecule has 0 saturated carbocycles. The van der Waals surface area contributed by atoms with E-state index in [9.17, 15) is 9.00 Å². The van der Waals surface area contributed by atoms with Crippen molar-refractivity contribution in [2.24, 2.45) is 0 Å². The van der Waals surface area contributed by atoms with Gasteiger partial charge in [0.2, 0.25) is 0 Å². The lowest BCUT2D eigenvalue weighted by atomic mass is 10.4. The molecule has 0 bridgehead atoms. The monoisotopic (exact) mass is 330 g/mol. The van der Waals surface area contributed by atoms with Crippen molar-refractivity contribution >= 4 is 39.7 Å². The fraction of sp³-hybridized carbons (Fsp3) is 0.154. The van der Waals surface area contributed by atoms with Gasteiger partial charge >= 0.3 is 0 Å². The van der Waals surface area contributed by atoms with Gasteiger partial charge in [0.15, 0.2) is 0 Å². The minimum Gasteiger partial charge on any atom is -0.398 e. The number of nitrogens with zero attached hydrogens (tertiary/aromatic N) is 1. The fourth-order valence-corrected chi connectivity index (χ4v) is 3.76. The predicted octanol–water partition coefficient (Wildman–Crippen LogP) is 2.55. The maximum atomic E-state index is 12.3. The molecule has 0 amide bonds. The number of rotatable bonds is 4. The zero-order valence-corrected chi connectivity index (χ0v) is 12.7. The van der Waals surface area contributed by atoms with Crippen molar-refractivity contribution in [3.63, 3.8) is 0 Å². The Hall–Kier alpha value is -1.30. The Kier molecular flexibility index (Phi) is 4.86. The number of pyridine rings is 1. The number of nitrogen functional groups attached to an aromatic ring is 1. The van der Waals surface area contributed by atoms with Crippen LogP contribution in [0.3, 0.4) is 0 Å². The summed E-state index contributed by atoms with van der Waals surface area (Å²) in [6, 6.07) is 7.86. The van der Waals surface area contributed by atoms with Gasteiger partial charge in [0.25, 0.3) is 5.56 Å². The Labute approximate surface area is 128 Å². The Morgan fingerprint density at radius 1 is 1.15 bits per heavy atom. The van der Waals surface area contributed by atoms with E-state index in [1.807, 2.05) is 0 Å². The third-order valence-corrected chi connectivity index (χ3v) is 4.97. The van der Waals surface area contributed by atoms with Crippen LogP contribution in [-0.4, -0.2) is 14.5 Å². The van der Waals surface area contributed by atoms with Gasteiger partial charge in [-0.3, -0.25) is 9.00 Å². The van der Waals surface area contributed by atoms with E-state index in [1.165, 1.54) is 22.9 Å². The summed E-state index contributed by atoms with van der Waals surface area (Å²) in [5.74, 6) is 0.229. The maximum Gasteiger partial charge on any atom is 0.250 e. The SMILES string of the molecule is Nc1ccc(=O)n(CCS(=O)c2c(Cl)cccc2Cl)c1. The number of halogens is 2. The molecule has 106 valence electrons. The van der Waals surface area contributed by atoms with Gasteiger partial charge < -0.3 is 10.3 Å². The number of benzene rings is 1. The third kappa shape index (κ3) is 3.42. The van der Waals surface area contributed by atoms with E-state index in [4.69, 9.17) is 28.9 Å². The highest BCUT2D eigenvalue weighted by atomic mass is 35.5. The largest absolute Gasteiger partial charge is 0.398 e. The number of aromatic nitrogens is 1. The first-order valence-electron chi connectivity index (χ1n) is 5.77. The molecule has 0 fully saturated rings. The lowest BCUT2D eigenvalue weighted by Crippen LogP contribution is -2.22. The average Bonchev–Trinajstić information content (AvgIpc) is 2.39. The number of anilines is 1. The van der Waals surface area contributed by atoms with Gasteiger partial charge in [0.05, 0.1) is 25.7 Å². The Morgan fingerprint density at radius 2 is 1.80 bits per heavy atom. The van der Waals surface area contributed by atoms with E-state index >= 15 is 0 Å². The highest BCUT2D eigenvalue weighted by Gasteiger charge is 2.13. The zero-order valence-electron chi connectivity index (χ0n) is 10.4. The normalized spacial score (nSPS) is 12.3. The van der Waals surface area contributed by atoms with Crippen molar-refractivity contribution in [1.82, 2.24) is 4.57 Å². The van der Waals surface area contributed by atoms with Gasteiger partial charge in [0.1, 0.15) is 0 Å². The van der Waals surface area contributed by atoms with Crippen molar-refractivity contribution in [2.45, 2.75) is 11.4 Å². The summed E-state index contributed by atoms with van der Waals surface area (Å²) in [4.78, 5) is 12.0. The lowest BCUT2D eigenvalue weighted by molar-refractivity contribution is 0.669. The molecule has 20 heavy (non-hydrogen) atoms. The van der Waals surface area contributed by atoms with Crippen LogP contribution >= 0.6 is 23.2 Å². The van der Waals surface area contributed by atoms with Crippen LogP contribution < -0.4 is 11.3 Å². The van der Waals surface area contributed by atoms with Gasteiger partial charge in [-0.2, -0.15) is 0 Å². The quantitative estimate of drug-likeness (QED) is 0.936. The molecule has 2 rings (SSSR count). The van der Waals surface area contributed by atoms with Gasteiger partial charge in [-0.25, -0.2) is 0 Å². The second-order valence-corrected chi connectivity index (χ2v) is 6.42. The van der Waals surface area contributed by atoms with Crippen molar-refractivity contribution in [3.8, 4) is 0 Å². The fourth-order valence-electron chi connectivity index (χ4n) is 1.71. The van der Waals surface area contributed by atoms with E-state index in [0.29, 0.717) is 20.6 Å². The standard InChI is InChI=1S/C13H12Cl2N2O2S/c14-10-2-1-3-11(15)13(10)20(19)7-6-17-8-9(16)4-5-12(17)18/h1-5,8H,6-7,16H2. The van der Waals surface area contributed by atoms with Crippen LogP contribution in [0.25, 0.3) is 0 Å². The Balaban J connectivity index is 2.17. The van der Waals surface area contributed by atoms with Crippen LogP contribution in [0.4, 0.5) is 5.69 Å². The highest BCUT2D eigenvalue weighted by molar-refractivity contribution is 7.85. The summed E-state index contributed by atoms with van der Waals surface area (Å²) < 4.78 is 13.7. The third-order valence-electron chi connectivity index (χ3n) is 2.67. The summed E-state index contributed by atoms with van der Waals surface area (Å²) in [6.45, 7) is 0.276.